The van der Waals surface area contributed by atoms with Gasteiger partial charge in [0, 0.05) is 6.07 Å². The lowest BCUT2D eigenvalue weighted by atomic mass is 10.0. The zero-order valence-corrected chi connectivity index (χ0v) is 7.83. The van der Waals surface area contributed by atoms with Gasteiger partial charge in [-0.05, 0) is 28.8 Å². The minimum absolute atomic E-state index is 0.226. The number of allylic oxidation sites excluding steroid dienone is 1. The molecule has 14 heavy (non-hydrogen) atoms. The van der Waals surface area contributed by atoms with Gasteiger partial charge >= 0.3 is 0 Å². The summed E-state index contributed by atoms with van der Waals surface area (Å²) >= 11 is 0. The van der Waals surface area contributed by atoms with E-state index in [-0.39, 0.29) is 5.75 Å². The van der Waals surface area contributed by atoms with Crippen molar-refractivity contribution in [1.82, 2.24) is 0 Å². The molecular formula is C13H11O. The Hall–Kier alpha value is -1.76. The molecule has 1 radical (unpaired) electrons. The first-order valence-corrected chi connectivity index (χ1v) is 4.55. The molecule has 2 aromatic rings. The lowest BCUT2D eigenvalue weighted by molar-refractivity contribution is 0.469. The smallest absolute Gasteiger partial charge is 0.127 e. The summed E-state index contributed by atoms with van der Waals surface area (Å²) in [6.45, 7) is 3.65. The molecule has 1 heteroatoms. The summed E-state index contributed by atoms with van der Waals surface area (Å²) in [5, 5.41) is 11.7. The van der Waals surface area contributed by atoms with Crippen molar-refractivity contribution in [3.8, 4) is 5.75 Å². The number of benzene rings is 2. The molecule has 0 bridgehead atoms. The van der Waals surface area contributed by atoms with Gasteiger partial charge in [-0.2, -0.15) is 0 Å². The van der Waals surface area contributed by atoms with Gasteiger partial charge in [-0.15, -0.1) is 6.58 Å². The lowest BCUT2D eigenvalue weighted by Crippen LogP contribution is -1.83. The van der Waals surface area contributed by atoms with E-state index in [1.54, 1.807) is 6.08 Å². The molecule has 0 heterocycles. The van der Waals surface area contributed by atoms with Crippen molar-refractivity contribution < 1.29 is 5.11 Å². The lowest BCUT2D eigenvalue weighted by Gasteiger charge is -2.03. The van der Waals surface area contributed by atoms with Crippen molar-refractivity contribution in [1.29, 1.82) is 0 Å². The molecule has 0 aliphatic heterocycles. The SMILES string of the molecule is C=CCc1cc2ccccc2[c]c1O. The molecule has 2 rings (SSSR count). The van der Waals surface area contributed by atoms with Crippen LogP contribution in [0, 0.1) is 6.07 Å². The second kappa shape index (κ2) is 3.54. The first-order chi connectivity index (χ1) is 6.81. The van der Waals surface area contributed by atoms with E-state index in [0.29, 0.717) is 6.42 Å². The van der Waals surface area contributed by atoms with Gasteiger partial charge in [0.15, 0.2) is 0 Å². The van der Waals surface area contributed by atoms with Gasteiger partial charge in [-0.1, -0.05) is 30.3 Å². The minimum Gasteiger partial charge on any atom is -0.507 e. The van der Waals surface area contributed by atoms with E-state index in [0.717, 1.165) is 16.3 Å². The Morgan fingerprint density at radius 3 is 2.93 bits per heavy atom. The van der Waals surface area contributed by atoms with Gasteiger partial charge in [0.05, 0.1) is 0 Å². The second-order valence-corrected chi connectivity index (χ2v) is 3.22. The third-order valence-electron chi connectivity index (χ3n) is 2.21. The highest BCUT2D eigenvalue weighted by molar-refractivity contribution is 5.84. The fourth-order valence-corrected chi connectivity index (χ4v) is 1.51. The van der Waals surface area contributed by atoms with Crippen molar-refractivity contribution in [3.05, 3.63) is 54.6 Å². The average molecular weight is 183 g/mol. The third kappa shape index (κ3) is 1.49. The van der Waals surface area contributed by atoms with Crippen molar-refractivity contribution >= 4 is 10.8 Å². The number of aromatic hydroxyl groups is 1. The van der Waals surface area contributed by atoms with Crippen LogP contribution < -0.4 is 0 Å². The van der Waals surface area contributed by atoms with E-state index in [2.05, 4.69) is 12.6 Å². The van der Waals surface area contributed by atoms with Crippen LogP contribution in [0.5, 0.6) is 5.75 Å². The molecule has 0 aliphatic carbocycles. The van der Waals surface area contributed by atoms with E-state index in [1.807, 2.05) is 30.3 Å². The quantitative estimate of drug-likeness (QED) is 0.709. The molecule has 1 nitrogen and oxygen atoms in total. The van der Waals surface area contributed by atoms with Crippen LogP contribution in [0.15, 0.2) is 43.0 Å². The monoisotopic (exact) mass is 183 g/mol. The van der Waals surface area contributed by atoms with Crippen LogP contribution in [0.25, 0.3) is 10.8 Å². The molecule has 2 aromatic carbocycles. The van der Waals surface area contributed by atoms with E-state index in [1.165, 1.54) is 0 Å². The Morgan fingerprint density at radius 1 is 1.36 bits per heavy atom. The van der Waals surface area contributed by atoms with Gasteiger partial charge in [0.25, 0.3) is 0 Å². The molecule has 0 aromatic heterocycles. The molecular weight excluding hydrogens is 172 g/mol. The average Bonchev–Trinajstić information content (AvgIpc) is 2.19. The summed E-state index contributed by atoms with van der Waals surface area (Å²) in [7, 11) is 0. The number of phenolic OH excluding ortho intramolecular Hbond substituents is 1. The van der Waals surface area contributed by atoms with Crippen molar-refractivity contribution in [2.75, 3.05) is 0 Å². The summed E-state index contributed by atoms with van der Waals surface area (Å²) < 4.78 is 0. The molecule has 0 saturated heterocycles. The molecule has 0 aliphatic rings. The van der Waals surface area contributed by atoms with Crippen LogP contribution in [-0.2, 0) is 6.42 Å². The first-order valence-electron chi connectivity index (χ1n) is 4.55. The molecule has 0 fully saturated rings. The second-order valence-electron chi connectivity index (χ2n) is 3.22. The topological polar surface area (TPSA) is 20.2 Å². The standard InChI is InChI=1S/C13H11O/c1-2-5-12-8-10-6-3-4-7-11(10)9-13(12)14/h2-4,6-8,14H,1,5H2. The molecule has 0 spiro atoms. The minimum atomic E-state index is 0.226. The van der Waals surface area contributed by atoms with Gasteiger partial charge in [0.1, 0.15) is 5.75 Å². The van der Waals surface area contributed by atoms with Crippen LogP contribution in [0.1, 0.15) is 5.56 Å². The Labute approximate surface area is 83.3 Å². The molecule has 1 N–H and O–H groups in total. The van der Waals surface area contributed by atoms with E-state index >= 15 is 0 Å². The summed E-state index contributed by atoms with van der Waals surface area (Å²) in [4.78, 5) is 0. The van der Waals surface area contributed by atoms with Crippen LogP contribution >= 0.6 is 0 Å². The molecule has 0 unspecified atom stereocenters. The van der Waals surface area contributed by atoms with Gasteiger partial charge in [0.2, 0.25) is 0 Å². The maximum atomic E-state index is 9.64. The van der Waals surface area contributed by atoms with E-state index in [9.17, 15) is 5.11 Å². The number of rotatable bonds is 2. The van der Waals surface area contributed by atoms with Gasteiger partial charge < -0.3 is 5.11 Å². The largest absolute Gasteiger partial charge is 0.507 e. The number of fused-ring (bicyclic) bond motifs is 1. The normalized spacial score (nSPS) is 10.3. The van der Waals surface area contributed by atoms with Crippen LogP contribution in [-0.4, -0.2) is 5.11 Å². The maximum absolute atomic E-state index is 9.64. The Kier molecular flexibility index (Phi) is 2.23. The molecule has 69 valence electrons. The highest BCUT2D eigenvalue weighted by atomic mass is 16.3. The number of hydrogen-bond acceptors (Lipinski definition) is 1. The van der Waals surface area contributed by atoms with E-state index < -0.39 is 0 Å². The van der Waals surface area contributed by atoms with E-state index in [4.69, 9.17) is 0 Å². The van der Waals surface area contributed by atoms with Crippen LogP contribution in [0.4, 0.5) is 0 Å². The third-order valence-corrected chi connectivity index (χ3v) is 2.21. The van der Waals surface area contributed by atoms with Crippen molar-refractivity contribution in [3.63, 3.8) is 0 Å². The Balaban J connectivity index is 2.64. The zero-order chi connectivity index (χ0) is 9.97. The summed E-state index contributed by atoms with van der Waals surface area (Å²) in [5.74, 6) is 0.226. The predicted octanol–water partition coefficient (Wildman–Crippen LogP) is 3.07. The van der Waals surface area contributed by atoms with Crippen molar-refractivity contribution in [2.45, 2.75) is 6.42 Å². The fraction of sp³-hybridized carbons (Fsp3) is 0.0769. The highest BCUT2D eigenvalue weighted by Gasteiger charge is 2.01. The van der Waals surface area contributed by atoms with Crippen molar-refractivity contribution in [2.24, 2.45) is 0 Å². The first kappa shape index (κ1) is 8.82. The zero-order valence-electron chi connectivity index (χ0n) is 7.83. The van der Waals surface area contributed by atoms with Crippen LogP contribution in [0.3, 0.4) is 0 Å². The fourth-order valence-electron chi connectivity index (χ4n) is 1.51. The number of phenols is 1. The van der Waals surface area contributed by atoms with Gasteiger partial charge in [-0.25, -0.2) is 0 Å². The summed E-state index contributed by atoms with van der Waals surface area (Å²) in [5.41, 5.74) is 0.874. The summed E-state index contributed by atoms with van der Waals surface area (Å²) in [6.07, 6.45) is 2.45. The number of hydrogen-bond donors (Lipinski definition) is 1. The highest BCUT2D eigenvalue weighted by Crippen LogP contribution is 2.24. The Bertz CT molecular complexity index is 472. The summed E-state index contributed by atoms with van der Waals surface area (Å²) in [6, 6.07) is 12.8. The molecule has 0 atom stereocenters. The van der Waals surface area contributed by atoms with Crippen LogP contribution in [0.2, 0.25) is 0 Å². The molecule has 0 amide bonds. The maximum Gasteiger partial charge on any atom is 0.127 e. The van der Waals surface area contributed by atoms with Gasteiger partial charge in [-0.3, -0.25) is 0 Å². The molecule has 0 saturated carbocycles. The predicted molar refractivity (Wildman–Crippen MR) is 58.3 cm³/mol. The Morgan fingerprint density at radius 2 is 2.14 bits per heavy atom.